The molecule has 1 fully saturated rings. The standard InChI is InChI=1S/C22H28ClN5O4.C6H12ClN/c1-22(2,32)13-6-9-15(23)16(10-13)27-20(30)12-4-7-14(8-5-12)28-11-26-17(21(31)25-3)18(28)19(24)29;1-5(2)6(7)8(3)4/h6,9-12,14,32H,4-5,7-8H2,1-3H3,(H2,24,29)(H,25,31)(H,27,30);1-4H3/t12-,14-;. The molecule has 220 valence electrons. The van der Waals surface area contributed by atoms with Crippen LogP contribution in [0.25, 0.3) is 0 Å². The first-order valence-corrected chi connectivity index (χ1v) is 13.8. The van der Waals surface area contributed by atoms with Crippen LogP contribution in [0.2, 0.25) is 5.02 Å². The molecule has 0 saturated heterocycles. The molecular formula is C28H40Cl2N6O4. The van der Waals surface area contributed by atoms with Gasteiger partial charge in [-0.2, -0.15) is 0 Å². The smallest absolute Gasteiger partial charge is 0.272 e. The number of amides is 3. The highest BCUT2D eigenvalue weighted by atomic mass is 35.5. The van der Waals surface area contributed by atoms with Crippen LogP contribution in [0, 0.1) is 5.92 Å². The van der Waals surface area contributed by atoms with E-state index in [1.165, 1.54) is 13.4 Å². The molecule has 1 saturated carbocycles. The van der Waals surface area contributed by atoms with Gasteiger partial charge in [0.05, 0.1) is 22.6 Å². The van der Waals surface area contributed by atoms with Gasteiger partial charge in [-0.15, -0.1) is 0 Å². The zero-order valence-corrected chi connectivity index (χ0v) is 25.7. The Labute approximate surface area is 245 Å². The lowest BCUT2D eigenvalue weighted by Crippen LogP contribution is -2.30. The summed E-state index contributed by atoms with van der Waals surface area (Å²) in [4.78, 5) is 42.8. The SMILES string of the molecule is CC(C)=C(Cl)N(C)C.CNC(=O)c1ncn([C@H]2CC[C@H](C(=O)Nc3cc(C(C)(C)O)ccc3Cl)CC2)c1C(N)=O. The minimum Gasteiger partial charge on any atom is -0.386 e. The van der Waals surface area contributed by atoms with Crippen LogP contribution in [0.5, 0.6) is 0 Å². The van der Waals surface area contributed by atoms with Crippen molar-refractivity contribution in [2.24, 2.45) is 11.7 Å². The molecule has 1 heterocycles. The van der Waals surface area contributed by atoms with E-state index in [2.05, 4.69) is 15.6 Å². The van der Waals surface area contributed by atoms with Gasteiger partial charge < -0.3 is 30.9 Å². The second kappa shape index (κ2) is 14.0. The number of nitrogens with two attached hydrogens (primary N) is 1. The molecule has 0 bridgehead atoms. The average Bonchev–Trinajstić information content (AvgIpc) is 3.34. The number of primary amides is 1. The number of nitrogens with one attached hydrogen (secondary N) is 2. The number of anilines is 1. The number of nitrogens with zero attached hydrogens (tertiary/aromatic N) is 3. The van der Waals surface area contributed by atoms with E-state index in [1.54, 1.807) is 36.6 Å². The Morgan fingerprint density at radius 1 is 1.15 bits per heavy atom. The molecule has 0 radical (unpaired) electrons. The molecule has 40 heavy (non-hydrogen) atoms. The van der Waals surface area contributed by atoms with Gasteiger partial charge >= 0.3 is 0 Å². The lowest BCUT2D eigenvalue weighted by molar-refractivity contribution is -0.121. The summed E-state index contributed by atoms with van der Waals surface area (Å²) in [6.07, 6.45) is 3.88. The summed E-state index contributed by atoms with van der Waals surface area (Å²) in [6.45, 7) is 7.30. The summed E-state index contributed by atoms with van der Waals surface area (Å²) in [5.74, 6) is -1.57. The molecule has 0 unspecified atom stereocenters. The van der Waals surface area contributed by atoms with E-state index >= 15 is 0 Å². The van der Waals surface area contributed by atoms with Gasteiger partial charge in [0.1, 0.15) is 10.9 Å². The summed E-state index contributed by atoms with van der Waals surface area (Å²) in [6, 6.07) is 4.96. The van der Waals surface area contributed by atoms with E-state index in [4.69, 9.17) is 28.9 Å². The van der Waals surface area contributed by atoms with E-state index in [0.29, 0.717) is 42.0 Å². The molecule has 10 nitrogen and oxygen atoms in total. The van der Waals surface area contributed by atoms with Crippen molar-refractivity contribution >= 4 is 46.6 Å². The molecule has 5 N–H and O–H groups in total. The lowest BCUT2D eigenvalue weighted by atomic mass is 9.85. The molecule has 1 aliphatic carbocycles. The van der Waals surface area contributed by atoms with Crippen LogP contribution < -0.4 is 16.4 Å². The number of halogens is 2. The third kappa shape index (κ3) is 8.46. The minimum absolute atomic E-state index is 0.00111. The number of hydrogen-bond acceptors (Lipinski definition) is 6. The number of benzene rings is 1. The van der Waals surface area contributed by atoms with Crippen LogP contribution in [-0.2, 0) is 10.4 Å². The van der Waals surface area contributed by atoms with E-state index < -0.39 is 17.4 Å². The third-order valence-electron chi connectivity index (χ3n) is 6.67. The highest BCUT2D eigenvalue weighted by molar-refractivity contribution is 6.33. The summed E-state index contributed by atoms with van der Waals surface area (Å²) in [5.41, 5.74) is 6.78. The molecule has 0 aliphatic heterocycles. The largest absolute Gasteiger partial charge is 0.386 e. The van der Waals surface area contributed by atoms with Crippen LogP contribution in [-0.4, -0.2) is 58.4 Å². The summed E-state index contributed by atoms with van der Waals surface area (Å²) in [7, 11) is 5.31. The fourth-order valence-corrected chi connectivity index (χ4v) is 4.63. The predicted octanol–water partition coefficient (Wildman–Crippen LogP) is 4.63. The molecule has 1 aromatic heterocycles. The topological polar surface area (TPSA) is 143 Å². The minimum atomic E-state index is -1.06. The number of aliphatic hydroxyl groups is 1. The van der Waals surface area contributed by atoms with Crippen molar-refractivity contribution in [3.63, 3.8) is 0 Å². The number of carbonyl (C=O) groups is 3. The number of imidazole rings is 1. The van der Waals surface area contributed by atoms with Crippen molar-refractivity contribution in [1.82, 2.24) is 19.8 Å². The van der Waals surface area contributed by atoms with Gasteiger partial charge in [0, 0.05) is 33.1 Å². The van der Waals surface area contributed by atoms with Crippen LogP contribution >= 0.6 is 23.2 Å². The monoisotopic (exact) mass is 594 g/mol. The first-order valence-electron chi connectivity index (χ1n) is 13.0. The summed E-state index contributed by atoms with van der Waals surface area (Å²) < 4.78 is 1.64. The number of rotatable bonds is 7. The van der Waals surface area contributed by atoms with Gasteiger partial charge in [-0.25, -0.2) is 4.98 Å². The Bertz CT molecular complexity index is 1250. The van der Waals surface area contributed by atoms with E-state index in [0.717, 1.165) is 10.7 Å². The van der Waals surface area contributed by atoms with Crippen LogP contribution in [0.15, 0.2) is 35.3 Å². The maximum Gasteiger partial charge on any atom is 0.272 e. The van der Waals surface area contributed by atoms with E-state index in [1.807, 2.05) is 32.8 Å². The molecule has 1 aliphatic rings. The Morgan fingerprint density at radius 3 is 2.20 bits per heavy atom. The van der Waals surface area contributed by atoms with Crippen molar-refractivity contribution in [3.8, 4) is 0 Å². The summed E-state index contributed by atoms with van der Waals surface area (Å²) >= 11 is 12.0. The average molecular weight is 596 g/mol. The lowest BCUT2D eigenvalue weighted by Gasteiger charge is -2.29. The van der Waals surface area contributed by atoms with Gasteiger partial charge in [0.15, 0.2) is 5.69 Å². The van der Waals surface area contributed by atoms with Crippen molar-refractivity contribution in [2.45, 2.75) is 65.0 Å². The molecule has 12 heteroatoms. The van der Waals surface area contributed by atoms with E-state index in [9.17, 15) is 19.5 Å². The normalized spacial score (nSPS) is 16.8. The summed E-state index contributed by atoms with van der Waals surface area (Å²) in [5, 5.41) is 16.8. The Balaban J connectivity index is 0.000000611. The Morgan fingerprint density at radius 2 is 1.75 bits per heavy atom. The Kier molecular flexibility index (Phi) is 11.6. The van der Waals surface area contributed by atoms with E-state index in [-0.39, 0.29) is 29.3 Å². The molecule has 3 rings (SSSR count). The molecule has 1 aromatic carbocycles. The van der Waals surface area contributed by atoms with Gasteiger partial charge in [0.2, 0.25) is 5.91 Å². The molecule has 0 spiro atoms. The van der Waals surface area contributed by atoms with Crippen molar-refractivity contribution < 1.29 is 19.5 Å². The number of hydrogen-bond donors (Lipinski definition) is 4. The highest BCUT2D eigenvalue weighted by Gasteiger charge is 2.31. The Hall–Kier alpha value is -3.08. The van der Waals surface area contributed by atoms with Crippen LogP contribution in [0.3, 0.4) is 0 Å². The van der Waals surface area contributed by atoms with Crippen molar-refractivity contribution in [2.75, 3.05) is 26.5 Å². The second-order valence-corrected chi connectivity index (χ2v) is 11.5. The van der Waals surface area contributed by atoms with Crippen LogP contribution in [0.1, 0.15) is 86.0 Å². The van der Waals surface area contributed by atoms with Gasteiger partial charge in [-0.05, 0) is 76.6 Å². The number of carbonyl (C=O) groups excluding carboxylic acids is 3. The van der Waals surface area contributed by atoms with Gasteiger partial charge in [0.25, 0.3) is 11.8 Å². The molecular weight excluding hydrogens is 555 g/mol. The maximum atomic E-state index is 12.9. The quantitative estimate of drug-likeness (QED) is 0.344. The van der Waals surface area contributed by atoms with Crippen molar-refractivity contribution in [3.05, 3.63) is 57.2 Å². The van der Waals surface area contributed by atoms with Gasteiger partial charge in [-0.3, -0.25) is 14.4 Å². The fourth-order valence-electron chi connectivity index (χ4n) is 4.47. The number of aromatic nitrogens is 2. The first kappa shape index (κ1) is 33.1. The number of allylic oxidation sites excluding steroid dienone is 1. The second-order valence-electron chi connectivity index (χ2n) is 10.7. The zero-order valence-electron chi connectivity index (χ0n) is 24.1. The molecule has 0 atom stereocenters. The van der Waals surface area contributed by atoms with Gasteiger partial charge in [-0.1, -0.05) is 29.3 Å². The molecule has 3 amide bonds. The van der Waals surface area contributed by atoms with Crippen molar-refractivity contribution in [1.29, 1.82) is 0 Å². The maximum absolute atomic E-state index is 12.9. The first-order chi connectivity index (χ1) is 18.6. The highest BCUT2D eigenvalue weighted by Crippen LogP contribution is 2.35. The fraction of sp³-hybridized carbons (Fsp3) is 0.500. The predicted molar refractivity (Wildman–Crippen MR) is 158 cm³/mol. The molecule has 2 aromatic rings. The van der Waals surface area contributed by atoms with Crippen LogP contribution in [0.4, 0.5) is 5.69 Å². The zero-order chi connectivity index (χ0) is 30.4. The third-order valence-corrected chi connectivity index (χ3v) is 7.71.